The minimum atomic E-state index is -0.898. The number of aliphatic hydroxyl groups excluding tert-OH is 1. The van der Waals surface area contributed by atoms with Gasteiger partial charge in [-0.3, -0.25) is 0 Å². The predicted molar refractivity (Wildman–Crippen MR) is 55.2 cm³/mol. The van der Waals surface area contributed by atoms with Gasteiger partial charge >= 0.3 is 5.97 Å². The number of rotatable bonds is 7. The Balaban J connectivity index is 4.27. The van der Waals surface area contributed by atoms with E-state index in [1.54, 1.807) is 6.92 Å². The van der Waals surface area contributed by atoms with E-state index in [1.807, 2.05) is 6.92 Å². The van der Waals surface area contributed by atoms with Gasteiger partial charge in [-0.2, -0.15) is 0 Å². The predicted octanol–water partition coefficient (Wildman–Crippen LogP) is 0.769. The Labute approximate surface area is 84.6 Å². The highest BCUT2D eigenvalue weighted by atomic mass is 16.4. The Morgan fingerprint density at radius 2 is 2.00 bits per heavy atom. The van der Waals surface area contributed by atoms with E-state index in [-0.39, 0.29) is 6.61 Å². The van der Waals surface area contributed by atoms with Crippen molar-refractivity contribution >= 4 is 5.97 Å². The lowest BCUT2D eigenvalue weighted by molar-refractivity contribution is -0.132. The van der Waals surface area contributed by atoms with Crippen LogP contribution in [0.4, 0.5) is 0 Å². The van der Waals surface area contributed by atoms with Crippen LogP contribution >= 0.6 is 0 Å². The summed E-state index contributed by atoms with van der Waals surface area (Å²) in [6, 6.07) is 0. The Morgan fingerprint density at radius 3 is 2.43 bits per heavy atom. The minimum Gasteiger partial charge on any atom is -0.478 e. The van der Waals surface area contributed by atoms with E-state index in [1.165, 1.54) is 0 Å². The maximum atomic E-state index is 10.7. The lowest BCUT2D eigenvalue weighted by Crippen LogP contribution is -2.16. The van der Waals surface area contributed by atoms with Crippen LogP contribution in [0.5, 0.6) is 0 Å². The molecule has 0 saturated carbocycles. The highest BCUT2D eigenvalue weighted by molar-refractivity contribution is 5.86. The third-order valence-electron chi connectivity index (χ3n) is 2.12. The third kappa shape index (κ3) is 4.99. The molecule has 0 aromatic heterocycles. The van der Waals surface area contributed by atoms with E-state index in [4.69, 9.17) is 10.2 Å². The maximum absolute atomic E-state index is 10.7. The molecular formula is C10H19NO3. The normalized spacial score (nSPS) is 12.5. The molecule has 0 atom stereocenters. The second-order valence-corrected chi connectivity index (χ2v) is 3.11. The van der Waals surface area contributed by atoms with Gasteiger partial charge in [-0.1, -0.05) is 12.5 Å². The molecular weight excluding hydrogens is 182 g/mol. The van der Waals surface area contributed by atoms with E-state index < -0.39 is 5.97 Å². The standard InChI is InChI=1S/C10H19NO3/c1-3-11-6-4-9(5-7-12)8(2)10(13)14/h11-12H,3-7H2,1-2H3,(H,13,14). The topological polar surface area (TPSA) is 69.6 Å². The van der Waals surface area contributed by atoms with Crippen LogP contribution in [0, 0.1) is 0 Å². The molecule has 0 radical (unpaired) electrons. The molecule has 0 aliphatic heterocycles. The summed E-state index contributed by atoms with van der Waals surface area (Å²) >= 11 is 0. The van der Waals surface area contributed by atoms with Gasteiger partial charge in [0.15, 0.2) is 0 Å². The van der Waals surface area contributed by atoms with Crippen LogP contribution < -0.4 is 5.32 Å². The zero-order chi connectivity index (χ0) is 11.0. The SMILES string of the molecule is CCNCCC(CCO)=C(C)C(=O)O. The van der Waals surface area contributed by atoms with Gasteiger partial charge in [-0.25, -0.2) is 4.79 Å². The first-order valence-corrected chi connectivity index (χ1v) is 4.87. The van der Waals surface area contributed by atoms with Crippen LogP contribution in [0.15, 0.2) is 11.1 Å². The summed E-state index contributed by atoms with van der Waals surface area (Å²) < 4.78 is 0. The zero-order valence-electron chi connectivity index (χ0n) is 8.84. The summed E-state index contributed by atoms with van der Waals surface area (Å²) in [5.74, 6) is -0.898. The smallest absolute Gasteiger partial charge is 0.331 e. The van der Waals surface area contributed by atoms with Gasteiger partial charge in [-0.15, -0.1) is 0 Å². The molecule has 3 N–H and O–H groups in total. The average Bonchev–Trinajstić information content (AvgIpc) is 2.15. The van der Waals surface area contributed by atoms with Crippen molar-refractivity contribution in [1.82, 2.24) is 5.32 Å². The zero-order valence-corrected chi connectivity index (χ0v) is 8.84. The number of aliphatic carboxylic acids is 1. The van der Waals surface area contributed by atoms with Crippen LogP contribution in [0.2, 0.25) is 0 Å². The van der Waals surface area contributed by atoms with Crippen LogP contribution in [0.1, 0.15) is 26.7 Å². The number of hydrogen-bond acceptors (Lipinski definition) is 3. The first kappa shape index (κ1) is 13.1. The monoisotopic (exact) mass is 201 g/mol. The summed E-state index contributed by atoms with van der Waals surface area (Å²) in [6.45, 7) is 5.22. The summed E-state index contributed by atoms with van der Waals surface area (Å²) in [6.07, 6.45) is 1.13. The van der Waals surface area contributed by atoms with Gasteiger partial charge in [0.2, 0.25) is 0 Å². The van der Waals surface area contributed by atoms with Crippen molar-refractivity contribution < 1.29 is 15.0 Å². The number of carboxylic acid groups (broad SMARTS) is 1. The second-order valence-electron chi connectivity index (χ2n) is 3.11. The van der Waals surface area contributed by atoms with E-state index in [9.17, 15) is 4.79 Å². The summed E-state index contributed by atoms with van der Waals surface area (Å²) in [5.41, 5.74) is 1.18. The Hall–Kier alpha value is -0.870. The Bertz CT molecular complexity index is 211. The quantitative estimate of drug-likeness (QED) is 0.420. The highest BCUT2D eigenvalue weighted by Crippen LogP contribution is 2.12. The molecule has 0 aliphatic rings. The van der Waals surface area contributed by atoms with Crippen molar-refractivity contribution in [3.63, 3.8) is 0 Å². The first-order valence-electron chi connectivity index (χ1n) is 4.87. The lowest BCUT2D eigenvalue weighted by atomic mass is 10.0. The molecule has 0 aromatic carbocycles. The number of nitrogens with one attached hydrogen (secondary N) is 1. The Kier molecular flexibility index (Phi) is 7.06. The largest absolute Gasteiger partial charge is 0.478 e. The van der Waals surface area contributed by atoms with Crippen LogP contribution in [0.25, 0.3) is 0 Å². The minimum absolute atomic E-state index is 0.00603. The van der Waals surface area contributed by atoms with E-state index in [2.05, 4.69) is 5.32 Å². The second kappa shape index (κ2) is 7.53. The molecule has 0 heterocycles. The summed E-state index contributed by atoms with van der Waals surface area (Å²) in [5, 5.41) is 20.7. The third-order valence-corrected chi connectivity index (χ3v) is 2.12. The molecule has 0 fully saturated rings. The summed E-state index contributed by atoms with van der Waals surface area (Å²) in [7, 11) is 0. The first-order chi connectivity index (χ1) is 6.63. The number of carboxylic acids is 1. The van der Waals surface area contributed by atoms with Gasteiger partial charge in [-0.05, 0) is 32.9 Å². The van der Waals surface area contributed by atoms with Gasteiger partial charge in [0.25, 0.3) is 0 Å². The fourth-order valence-corrected chi connectivity index (χ4v) is 1.20. The number of aliphatic hydroxyl groups is 1. The van der Waals surface area contributed by atoms with Crippen molar-refractivity contribution in [3.05, 3.63) is 11.1 Å². The van der Waals surface area contributed by atoms with Crippen LogP contribution in [-0.2, 0) is 4.79 Å². The number of carbonyl (C=O) groups is 1. The van der Waals surface area contributed by atoms with E-state index >= 15 is 0 Å². The molecule has 0 bridgehead atoms. The number of hydrogen-bond donors (Lipinski definition) is 3. The molecule has 0 spiro atoms. The fraction of sp³-hybridized carbons (Fsp3) is 0.700. The van der Waals surface area contributed by atoms with Gasteiger partial charge in [0.1, 0.15) is 0 Å². The maximum Gasteiger partial charge on any atom is 0.331 e. The lowest BCUT2D eigenvalue weighted by Gasteiger charge is -2.08. The molecule has 14 heavy (non-hydrogen) atoms. The van der Waals surface area contributed by atoms with E-state index in [0.29, 0.717) is 18.4 Å². The molecule has 4 nitrogen and oxygen atoms in total. The average molecular weight is 201 g/mol. The summed E-state index contributed by atoms with van der Waals surface area (Å²) in [4.78, 5) is 10.7. The molecule has 0 saturated heterocycles. The van der Waals surface area contributed by atoms with Crippen molar-refractivity contribution in [2.24, 2.45) is 0 Å². The molecule has 0 aliphatic carbocycles. The Morgan fingerprint density at radius 1 is 1.36 bits per heavy atom. The highest BCUT2D eigenvalue weighted by Gasteiger charge is 2.08. The molecule has 0 unspecified atom stereocenters. The van der Waals surface area contributed by atoms with Crippen molar-refractivity contribution in [2.45, 2.75) is 26.7 Å². The molecule has 4 heteroatoms. The fourth-order valence-electron chi connectivity index (χ4n) is 1.20. The molecule has 0 amide bonds. The van der Waals surface area contributed by atoms with Crippen molar-refractivity contribution in [2.75, 3.05) is 19.7 Å². The van der Waals surface area contributed by atoms with Gasteiger partial charge in [0, 0.05) is 12.2 Å². The van der Waals surface area contributed by atoms with Crippen LogP contribution in [0.3, 0.4) is 0 Å². The van der Waals surface area contributed by atoms with Crippen LogP contribution in [-0.4, -0.2) is 35.9 Å². The molecule has 0 aromatic rings. The molecule has 82 valence electrons. The van der Waals surface area contributed by atoms with Crippen molar-refractivity contribution in [3.8, 4) is 0 Å². The van der Waals surface area contributed by atoms with E-state index in [0.717, 1.165) is 18.7 Å². The molecule has 0 rings (SSSR count). The van der Waals surface area contributed by atoms with Gasteiger partial charge in [0.05, 0.1) is 0 Å². The van der Waals surface area contributed by atoms with Crippen molar-refractivity contribution in [1.29, 1.82) is 0 Å². The van der Waals surface area contributed by atoms with Gasteiger partial charge < -0.3 is 15.5 Å².